The summed E-state index contributed by atoms with van der Waals surface area (Å²) in [6.45, 7) is 1.64. The van der Waals surface area contributed by atoms with Crippen molar-refractivity contribution >= 4 is 39.9 Å². The van der Waals surface area contributed by atoms with Crippen molar-refractivity contribution in [2.75, 3.05) is 12.4 Å². The van der Waals surface area contributed by atoms with Crippen molar-refractivity contribution in [3.63, 3.8) is 0 Å². The maximum absolute atomic E-state index is 12.0. The van der Waals surface area contributed by atoms with Gasteiger partial charge in [-0.3, -0.25) is 9.59 Å². The molecule has 0 saturated heterocycles. The zero-order valence-corrected chi connectivity index (χ0v) is 13.5. The van der Waals surface area contributed by atoms with Gasteiger partial charge >= 0.3 is 0 Å². The Morgan fingerprint density at radius 1 is 1.41 bits per heavy atom. The van der Waals surface area contributed by atoms with E-state index in [0.29, 0.717) is 15.9 Å². The minimum absolute atomic E-state index is 0.232. The van der Waals surface area contributed by atoms with Gasteiger partial charge in [-0.1, -0.05) is 11.6 Å². The maximum Gasteiger partial charge on any atom is 0.271 e. The molecule has 1 aromatic carbocycles. The fraction of sp³-hybridized carbons (Fsp3) is 0.214. The number of amides is 2. The van der Waals surface area contributed by atoms with Crippen molar-refractivity contribution < 1.29 is 14.3 Å². The number of rotatable bonds is 5. The van der Waals surface area contributed by atoms with Crippen molar-refractivity contribution in [1.82, 2.24) is 10.3 Å². The van der Waals surface area contributed by atoms with E-state index in [-0.39, 0.29) is 24.1 Å². The topological polar surface area (TPSA) is 80.3 Å². The van der Waals surface area contributed by atoms with E-state index < -0.39 is 0 Å². The number of carbonyl (C=O) groups excluding carboxylic acids is 2. The molecular weight excluding hydrogens is 326 g/mol. The van der Waals surface area contributed by atoms with Gasteiger partial charge in [0.15, 0.2) is 5.13 Å². The second-order valence-corrected chi connectivity index (χ2v) is 5.65. The van der Waals surface area contributed by atoms with Gasteiger partial charge in [-0.2, -0.15) is 0 Å². The predicted octanol–water partition coefficient (Wildman–Crippen LogP) is 2.69. The molecule has 0 bridgehead atoms. The number of benzene rings is 1. The first-order chi connectivity index (χ1) is 10.5. The minimum Gasteiger partial charge on any atom is -0.496 e. The Balaban J connectivity index is 2.02. The van der Waals surface area contributed by atoms with E-state index in [4.69, 9.17) is 16.3 Å². The highest BCUT2D eigenvalue weighted by molar-refractivity contribution is 7.14. The molecule has 0 aliphatic heterocycles. The van der Waals surface area contributed by atoms with Gasteiger partial charge in [0.05, 0.1) is 7.11 Å². The smallest absolute Gasteiger partial charge is 0.271 e. The summed E-state index contributed by atoms with van der Waals surface area (Å²) >= 11 is 7.13. The van der Waals surface area contributed by atoms with Gasteiger partial charge in [0, 0.05) is 29.4 Å². The Morgan fingerprint density at radius 3 is 2.86 bits per heavy atom. The van der Waals surface area contributed by atoms with Gasteiger partial charge in [0.1, 0.15) is 11.4 Å². The summed E-state index contributed by atoms with van der Waals surface area (Å²) in [6.07, 6.45) is 0. The van der Waals surface area contributed by atoms with Crippen molar-refractivity contribution in [3.05, 3.63) is 39.9 Å². The van der Waals surface area contributed by atoms with Gasteiger partial charge in [-0.05, 0) is 18.2 Å². The summed E-state index contributed by atoms with van der Waals surface area (Å²) in [7, 11) is 1.55. The van der Waals surface area contributed by atoms with E-state index in [0.717, 1.165) is 5.56 Å². The summed E-state index contributed by atoms with van der Waals surface area (Å²) in [5.41, 5.74) is 1.01. The number of carbonyl (C=O) groups is 2. The third-order valence-electron chi connectivity index (χ3n) is 2.70. The number of nitrogens with zero attached hydrogens (tertiary/aromatic N) is 1. The summed E-state index contributed by atoms with van der Waals surface area (Å²) in [4.78, 5) is 27.0. The number of hydrogen-bond donors (Lipinski definition) is 2. The Morgan fingerprint density at radius 2 is 2.18 bits per heavy atom. The highest BCUT2D eigenvalue weighted by Gasteiger charge is 2.12. The first-order valence-corrected chi connectivity index (χ1v) is 7.59. The molecule has 2 amide bonds. The van der Waals surface area contributed by atoms with E-state index in [2.05, 4.69) is 15.6 Å². The fourth-order valence-electron chi connectivity index (χ4n) is 1.74. The standard InChI is InChI=1S/C14H14ClN3O3S/c1-8(19)17-14-18-11(7-22-14)13(20)16-6-9-5-10(15)3-4-12(9)21-2/h3-5,7H,6H2,1-2H3,(H,16,20)(H,17,18,19). The number of halogens is 1. The predicted molar refractivity (Wildman–Crippen MR) is 85.6 cm³/mol. The average molecular weight is 340 g/mol. The minimum atomic E-state index is -0.338. The van der Waals surface area contributed by atoms with Crippen LogP contribution < -0.4 is 15.4 Å². The Kier molecular flexibility index (Phi) is 5.35. The average Bonchev–Trinajstić information content (AvgIpc) is 2.92. The monoisotopic (exact) mass is 339 g/mol. The van der Waals surface area contributed by atoms with Crippen LogP contribution in [0.5, 0.6) is 5.75 Å². The first kappa shape index (κ1) is 16.3. The van der Waals surface area contributed by atoms with Crippen LogP contribution >= 0.6 is 22.9 Å². The molecule has 2 rings (SSSR count). The summed E-state index contributed by atoms with van der Waals surface area (Å²) in [5, 5.41) is 7.80. The van der Waals surface area contributed by atoms with Crippen molar-refractivity contribution in [2.24, 2.45) is 0 Å². The molecule has 8 heteroatoms. The molecule has 0 fully saturated rings. The van der Waals surface area contributed by atoms with Crippen molar-refractivity contribution in [1.29, 1.82) is 0 Å². The van der Waals surface area contributed by atoms with Gasteiger partial charge in [-0.15, -0.1) is 11.3 Å². The molecule has 0 unspecified atom stereocenters. The molecule has 0 radical (unpaired) electrons. The van der Waals surface area contributed by atoms with Gasteiger partial charge in [0.2, 0.25) is 5.91 Å². The number of anilines is 1. The largest absolute Gasteiger partial charge is 0.496 e. The van der Waals surface area contributed by atoms with E-state index in [1.54, 1.807) is 30.7 Å². The van der Waals surface area contributed by atoms with Crippen LogP contribution in [0.3, 0.4) is 0 Å². The van der Waals surface area contributed by atoms with Crippen LogP contribution in [0.25, 0.3) is 0 Å². The summed E-state index contributed by atoms with van der Waals surface area (Å²) in [6, 6.07) is 5.18. The van der Waals surface area contributed by atoms with Crippen LogP contribution in [0.15, 0.2) is 23.6 Å². The zero-order valence-electron chi connectivity index (χ0n) is 12.0. The van der Waals surface area contributed by atoms with Gasteiger partial charge in [-0.25, -0.2) is 4.98 Å². The molecule has 22 heavy (non-hydrogen) atoms. The highest BCUT2D eigenvalue weighted by atomic mass is 35.5. The zero-order chi connectivity index (χ0) is 16.1. The van der Waals surface area contributed by atoms with E-state index in [9.17, 15) is 9.59 Å². The molecule has 2 N–H and O–H groups in total. The van der Waals surface area contributed by atoms with Crippen LogP contribution in [0.1, 0.15) is 23.0 Å². The maximum atomic E-state index is 12.0. The number of ether oxygens (including phenoxy) is 1. The fourth-order valence-corrected chi connectivity index (χ4v) is 2.67. The molecule has 0 aliphatic rings. The van der Waals surface area contributed by atoms with E-state index in [1.807, 2.05) is 0 Å². The quantitative estimate of drug-likeness (QED) is 0.877. The van der Waals surface area contributed by atoms with Crippen LogP contribution in [0.2, 0.25) is 5.02 Å². The molecule has 6 nitrogen and oxygen atoms in total. The van der Waals surface area contributed by atoms with Crippen LogP contribution in [-0.2, 0) is 11.3 Å². The van der Waals surface area contributed by atoms with E-state index >= 15 is 0 Å². The lowest BCUT2D eigenvalue weighted by Crippen LogP contribution is -2.23. The second-order valence-electron chi connectivity index (χ2n) is 4.36. The number of hydrogen-bond acceptors (Lipinski definition) is 5. The van der Waals surface area contributed by atoms with Crippen LogP contribution in [0.4, 0.5) is 5.13 Å². The lowest BCUT2D eigenvalue weighted by molar-refractivity contribution is -0.114. The normalized spacial score (nSPS) is 10.1. The second kappa shape index (κ2) is 7.24. The third-order valence-corrected chi connectivity index (χ3v) is 3.69. The van der Waals surface area contributed by atoms with Crippen LogP contribution in [0, 0.1) is 0 Å². The molecule has 0 spiro atoms. The Labute approximate surface area is 136 Å². The molecular formula is C14H14ClN3O3S. The Hall–Kier alpha value is -2.12. The number of methoxy groups -OCH3 is 1. The SMILES string of the molecule is COc1ccc(Cl)cc1CNC(=O)c1csc(NC(C)=O)n1. The molecule has 2 aromatic rings. The third kappa shape index (κ3) is 4.19. The van der Waals surface area contributed by atoms with Crippen LogP contribution in [-0.4, -0.2) is 23.9 Å². The number of thiazole rings is 1. The van der Waals surface area contributed by atoms with Gasteiger partial charge < -0.3 is 15.4 Å². The van der Waals surface area contributed by atoms with Gasteiger partial charge in [0.25, 0.3) is 5.91 Å². The molecule has 0 saturated carbocycles. The number of nitrogens with one attached hydrogen (secondary N) is 2. The lowest BCUT2D eigenvalue weighted by Gasteiger charge is -2.09. The molecule has 0 aliphatic carbocycles. The van der Waals surface area contributed by atoms with Crippen molar-refractivity contribution in [3.8, 4) is 5.75 Å². The van der Waals surface area contributed by atoms with Crippen molar-refractivity contribution in [2.45, 2.75) is 13.5 Å². The summed E-state index contributed by atoms with van der Waals surface area (Å²) in [5.74, 6) is 0.0711. The molecule has 0 atom stereocenters. The first-order valence-electron chi connectivity index (χ1n) is 6.33. The Bertz CT molecular complexity index is 702. The molecule has 1 heterocycles. The summed E-state index contributed by atoms with van der Waals surface area (Å²) < 4.78 is 5.22. The highest BCUT2D eigenvalue weighted by Crippen LogP contribution is 2.22. The lowest BCUT2D eigenvalue weighted by atomic mass is 10.2. The molecule has 116 valence electrons. The number of aromatic nitrogens is 1. The van der Waals surface area contributed by atoms with E-state index in [1.165, 1.54) is 18.3 Å². The molecule has 1 aromatic heterocycles.